The first-order valence-electron chi connectivity index (χ1n) is 5.88. The fourth-order valence-corrected chi connectivity index (χ4v) is 1.92. The maximum Gasteiger partial charge on any atom is 0.172 e. The highest BCUT2D eigenvalue weighted by molar-refractivity contribution is 6.12. The SMILES string of the molecule is CCC(=O)c1c(OC)c(OC)cc(OC)c1C(C)=O. The topological polar surface area (TPSA) is 61.8 Å². The number of methoxy groups -OCH3 is 3. The zero-order valence-electron chi connectivity index (χ0n) is 11.8. The summed E-state index contributed by atoms with van der Waals surface area (Å²) in [6, 6.07) is 1.54. The minimum Gasteiger partial charge on any atom is -0.496 e. The van der Waals surface area contributed by atoms with Crippen molar-refractivity contribution in [1.82, 2.24) is 0 Å². The van der Waals surface area contributed by atoms with E-state index in [0.717, 1.165) is 0 Å². The number of ketones is 2. The van der Waals surface area contributed by atoms with Crippen LogP contribution in [-0.2, 0) is 0 Å². The van der Waals surface area contributed by atoms with Gasteiger partial charge in [0.15, 0.2) is 23.1 Å². The molecule has 0 heterocycles. The number of Topliss-reactive ketones (excluding diaryl/α,β-unsaturated/α-hetero) is 2. The second kappa shape index (κ2) is 6.22. The average Bonchev–Trinajstić information content (AvgIpc) is 2.43. The average molecular weight is 266 g/mol. The van der Waals surface area contributed by atoms with Crippen LogP contribution in [0.3, 0.4) is 0 Å². The Morgan fingerprint density at radius 2 is 1.58 bits per heavy atom. The van der Waals surface area contributed by atoms with Crippen molar-refractivity contribution in [3.05, 3.63) is 17.2 Å². The third-order valence-corrected chi connectivity index (χ3v) is 2.81. The zero-order chi connectivity index (χ0) is 14.6. The maximum absolute atomic E-state index is 12.1. The van der Waals surface area contributed by atoms with E-state index in [9.17, 15) is 9.59 Å². The van der Waals surface area contributed by atoms with Gasteiger partial charge in [-0.15, -0.1) is 0 Å². The zero-order valence-corrected chi connectivity index (χ0v) is 11.8. The Balaban J connectivity index is 3.76. The quantitative estimate of drug-likeness (QED) is 0.740. The molecule has 19 heavy (non-hydrogen) atoms. The lowest BCUT2D eigenvalue weighted by Crippen LogP contribution is -2.11. The fraction of sp³-hybridized carbons (Fsp3) is 0.429. The van der Waals surface area contributed by atoms with Crippen LogP contribution in [0.5, 0.6) is 17.2 Å². The van der Waals surface area contributed by atoms with Crippen molar-refractivity contribution in [3.63, 3.8) is 0 Å². The Morgan fingerprint density at radius 3 is 1.95 bits per heavy atom. The van der Waals surface area contributed by atoms with E-state index in [0.29, 0.717) is 11.5 Å². The van der Waals surface area contributed by atoms with Crippen LogP contribution in [0.2, 0.25) is 0 Å². The smallest absolute Gasteiger partial charge is 0.172 e. The number of hydrogen-bond acceptors (Lipinski definition) is 5. The predicted molar refractivity (Wildman–Crippen MR) is 70.7 cm³/mol. The molecule has 0 saturated carbocycles. The molecule has 0 N–H and O–H groups in total. The molecule has 0 fully saturated rings. The number of rotatable bonds is 6. The number of carbonyl (C=O) groups is 2. The molecule has 0 bridgehead atoms. The van der Waals surface area contributed by atoms with Gasteiger partial charge in [-0.1, -0.05) is 6.92 Å². The van der Waals surface area contributed by atoms with Crippen LogP contribution in [0.15, 0.2) is 6.07 Å². The highest BCUT2D eigenvalue weighted by atomic mass is 16.5. The Bertz CT molecular complexity index is 505. The summed E-state index contributed by atoms with van der Waals surface area (Å²) in [6.45, 7) is 3.11. The Hall–Kier alpha value is -2.04. The van der Waals surface area contributed by atoms with E-state index in [1.54, 1.807) is 13.0 Å². The normalized spacial score (nSPS) is 9.95. The van der Waals surface area contributed by atoms with Gasteiger partial charge in [-0.05, 0) is 6.92 Å². The summed E-state index contributed by atoms with van der Waals surface area (Å²) in [4.78, 5) is 23.9. The monoisotopic (exact) mass is 266 g/mol. The van der Waals surface area contributed by atoms with Crippen molar-refractivity contribution in [1.29, 1.82) is 0 Å². The Kier molecular flexibility index (Phi) is 4.92. The van der Waals surface area contributed by atoms with Gasteiger partial charge in [-0.25, -0.2) is 0 Å². The molecular weight excluding hydrogens is 248 g/mol. The molecule has 0 unspecified atom stereocenters. The van der Waals surface area contributed by atoms with Crippen LogP contribution in [0.4, 0.5) is 0 Å². The van der Waals surface area contributed by atoms with Crippen LogP contribution in [0.25, 0.3) is 0 Å². The molecule has 5 nitrogen and oxygen atoms in total. The fourth-order valence-electron chi connectivity index (χ4n) is 1.92. The van der Waals surface area contributed by atoms with E-state index < -0.39 is 0 Å². The lowest BCUT2D eigenvalue weighted by molar-refractivity contribution is 0.0960. The van der Waals surface area contributed by atoms with Crippen molar-refractivity contribution >= 4 is 11.6 Å². The molecule has 0 amide bonds. The van der Waals surface area contributed by atoms with Gasteiger partial charge in [0.2, 0.25) is 0 Å². The standard InChI is InChI=1S/C14H18O5/c1-6-9(16)13-12(8(2)15)10(17-3)7-11(18-4)14(13)19-5/h7H,6H2,1-5H3. The summed E-state index contributed by atoms with van der Waals surface area (Å²) >= 11 is 0. The van der Waals surface area contributed by atoms with Gasteiger partial charge in [-0.2, -0.15) is 0 Å². The molecule has 0 atom stereocenters. The van der Waals surface area contributed by atoms with Crippen LogP contribution < -0.4 is 14.2 Å². The molecule has 0 spiro atoms. The van der Waals surface area contributed by atoms with Gasteiger partial charge in [0, 0.05) is 12.5 Å². The molecule has 1 rings (SSSR count). The van der Waals surface area contributed by atoms with E-state index in [1.165, 1.54) is 28.3 Å². The van der Waals surface area contributed by atoms with Gasteiger partial charge in [0.25, 0.3) is 0 Å². The number of hydrogen-bond donors (Lipinski definition) is 0. The molecule has 0 aliphatic heterocycles. The van der Waals surface area contributed by atoms with Crippen LogP contribution in [0.1, 0.15) is 41.0 Å². The molecule has 0 aliphatic carbocycles. The van der Waals surface area contributed by atoms with E-state index in [4.69, 9.17) is 14.2 Å². The summed E-state index contributed by atoms with van der Waals surface area (Å²) in [5.41, 5.74) is 0.445. The third kappa shape index (κ3) is 2.70. The minimum absolute atomic E-state index is 0.195. The largest absolute Gasteiger partial charge is 0.496 e. The highest BCUT2D eigenvalue weighted by Crippen LogP contribution is 2.40. The van der Waals surface area contributed by atoms with Gasteiger partial charge in [0.1, 0.15) is 5.75 Å². The number of benzene rings is 1. The van der Waals surface area contributed by atoms with E-state index >= 15 is 0 Å². The van der Waals surface area contributed by atoms with E-state index in [1.807, 2.05) is 0 Å². The molecule has 0 saturated heterocycles. The van der Waals surface area contributed by atoms with Gasteiger partial charge in [0.05, 0.1) is 32.5 Å². The molecule has 0 aliphatic rings. The first-order valence-corrected chi connectivity index (χ1v) is 5.88. The molecule has 0 aromatic heterocycles. The summed E-state index contributed by atoms with van der Waals surface area (Å²) in [7, 11) is 4.33. The molecular formula is C14H18O5. The van der Waals surface area contributed by atoms with E-state index in [2.05, 4.69) is 0 Å². The third-order valence-electron chi connectivity index (χ3n) is 2.81. The van der Waals surface area contributed by atoms with Crippen molar-refractivity contribution < 1.29 is 23.8 Å². The van der Waals surface area contributed by atoms with E-state index in [-0.39, 0.29) is 34.9 Å². The predicted octanol–water partition coefficient (Wildman–Crippen LogP) is 2.51. The first kappa shape index (κ1) is 15.0. The molecule has 1 aromatic carbocycles. The Morgan fingerprint density at radius 1 is 1.00 bits per heavy atom. The lowest BCUT2D eigenvalue weighted by Gasteiger charge is -2.17. The number of carbonyl (C=O) groups excluding carboxylic acids is 2. The van der Waals surface area contributed by atoms with Gasteiger partial charge >= 0.3 is 0 Å². The van der Waals surface area contributed by atoms with Crippen molar-refractivity contribution in [2.45, 2.75) is 20.3 Å². The second-order valence-corrected chi connectivity index (χ2v) is 3.90. The summed E-state index contributed by atoms with van der Waals surface area (Å²) < 4.78 is 15.6. The van der Waals surface area contributed by atoms with Crippen molar-refractivity contribution in [2.24, 2.45) is 0 Å². The van der Waals surface area contributed by atoms with Gasteiger partial charge < -0.3 is 14.2 Å². The van der Waals surface area contributed by atoms with Crippen LogP contribution in [-0.4, -0.2) is 32.9 Å². The Labute approximate surface area is 112 Å². The second-order valence-electron chi connectivity index (χ2n) is 3.90. The molecule has 5 heteroatoms. The summed E-state index contributed by atoms with van der Waals surface area (Å²) in [5, 5.41) is 0. The lowest BCUT2D eigenvalue weighted by atomic mass is 9.96. The van der Waals surface area contributed by atoms with Crippen LogP contribution >= 0.6 is 0 Å². The molecule has 104 valence electrons. The minimum atomic E-state index is -0.255. The van der Waals surface area contributed by atoms with Crippen molar-refractivity contribution in [3.8, 4) is 17.2 Å². The maximum atomic E-state index is 12.1. The van der Waals surface area contributed by atoms with Crippen molar-refractivity contribution in [2.75, 3.05) is 21.3 Å². The van der Waals surface area contributed by atoms with Gasteiger partial charge in [-0.3, -0.25) is 9.59 Å². The summed E-state index contributed by atoms with van der Waals surface area (Å²) in [5.74, 6) is 0.484. The molecule has 1 aromatic rings. The highest BCUT2D eigenvalue weighted by Gasteiger charge is 2.26. The van der Waals surface area contributed by atoms with Crippen LogP contribution in [0, 0.1) is 0 Å². The summed E-state index contributed by atoms with van der Waals surface area (Å²) in [6.07, 6.45) is 0.257. The first-order chi connectivity index (χ1) is 9.01. The number of ether oxygens (including phenoxy) is 3. The molecule has 0 radical (unpaired) electrons.